The Balaban J connectivity index is 2.35. The van der Waals surface area contributed by atoms with Gasteiger partial charge in [-0.25, -0.2) is 4.79 Å². The normalized spacial score (nSPS) is 18.3. The third kappa shape index (κ3) is 1.60. The van der Waals surface area contributed by atoms with Gasteiger partial charge in [-0.2, -0.15) is 4.98 Å². The van der Waals surface area contributed by atoms with Crippen LogP contribution in [-0.2, 0) is 6.42 Å². The lowest BCUT2D eigenvalue weighted by molar-refractivity contribution is 0.513. The maximum absolute atomic E-state index is 11.6. The Morgan fingerprint density at radius 1 is 1.47 bits per heavy atom. The molecule has 0 aromatic heterocycles. The first kappa shape index (κ1) is 10.0. The molecule has 0 radical (unpaired) electrons. The molecule has 0 spiro atoms. The standard InChI is InChI=1S/C12H10N2O3/c1-6-2-3-9-7(4-6)5-8-10(15)13-12(16)14-11(8)17-9/h2-3,5-6H,4H2,1H3,(H,13,15,16). The summed E-state index contributed by atoms with van der Waals surface area (Å²) in [6, 6.07) is 1.75. The average Bonchev–Trinajstić information content (AvgIpc) is 2.27. The number of aromatic amines is 1. The van der Waals surface area contributed by atoms with Gasteiger partial charge in [0.05, 0.1) is 0 Å². The third-order valence-electron chi connectivity index (χ3n) is 2.86. The van der Waals surface area contributed by atoms with Gasteiger partial charge in [0.25, 0.3) is 5.56 Å². The molecule has 1 N–H and O–H groups in total. The van der Waals surface area contributed by atoms with Crippen molar-refractivity contribution < 1.29 is 4.42 Å². The molecule has 0 amide bonds. The van der Waals surface area contributed by atoms with E-state index in [1.165, 1.54) is 0 Å². The first-order valence-electron chi connectivity index (χ1n) is 5.39. The van der Waals surface area contributed by atoms with E-state index in [1.54, 1.807) is 6.07 Å². The van der Waals surface area contributed by atoms with E-state index in [0.717, 1.165) is 12.0 Å². The van der Waals surface area contributed by atoms with E-state index in [-0.39, 0.29) is 5.89 Å². The second kappa shape index (κ2) is 3.41. The zero-order chi connectivity index (χ0) is 12.0. The van der Waals surface area contributed by atoms with Gasteiger partial charge in [-0.3, -0.25) is 9.78 Å². The fraction of sp³-hybridized carbons (Fsp3) is 0.250. The Bertz CT molecular complexity index is 696. The number of nitrogens with zero attached hydrogens (tertiary/aromatic N) is 1. The molecule has 0 bridgehead atoms. The number of aromatic nitrogens is 2. The number of H-pyrrole nitrogens is 1. The predicted octanol–water partition coefficient (Wildman–Crippen LogP) is 1.03. The van der Waals surface area contributed by atoms with E-state index in [2.05, 4.69) is 16.9 Å². The summed E-state index contributed by atoms with van der Waals surface area (Å²) >= 11 is 0. The molecule has 3 aliphatic rings. The lowest BCUT2D eigenvalue weighted by Gasteiger charge is -2.16. The van der Waals surface area contributed by atoms with E-state index < -0.39 is 11.2 Å². The molecule has 0 aromatic rings. The molecule has 2 heterocycles. The highest BCUT2D eigenvalue weighted by atomic mass is 16.3. The monoisotopic (exact) mass is 230 g/mol. The molecule has 0 fully saturated rings. The number of hydrogen-bond donors (Lipinski definition) is 1. The highest BCUT2D eigenvalue weighted by Crippen LogP contribution is 2.27. The van der Waals surface area contributed by atoms with Crippen molar-refractivity contribution in [2.75, 3.05) is 0 Å². The van der Waals surface area contributed by atoms with Gasteiger partial charge < -0.3 is 4.42 Å². The summed E-state index contributed by atoms with van der Waals surface area (Å²) in [5.41, 5.74) is 0.164. The van der Waals surface area contributed by atoms with Crippen LogP contribution in [-0.4, -0.2) is 9.97 Å². The van der Waals surface area contributed by atoms with Crippen molar-refractivity contribution in [3.63, 3.8) is 0 Å². The van der Waals surface area contributed by atoms with Crippen LogP contribution in [0.2, 0.25) is 0 Å². The number of hydrogen-bond acceptors (Lipinski definition) is 4. The number of allylic oxidation sites excluding steroid dienone is 1. The van der Waals surface area contributed by atoms with E-state index in [9.17, 15) is 9.59 Å². The molecule has 0 saturated heterocycles. The van der Waals surface area contributed by atoms with Gasteiger partial charge in [0.2, 0.25) is 5.89 Å². The topological polar surface area (TPSA) is 76.0 Å². The quantitative estimate of drug-likeness (QED) is 0.733. The molecule has 5 heteroatoms. The van der Waals surface area contributed by atoms with Gasteiger partial charge in [0.15, 0.2) is 0 Å². The van der Waals surface area contributed by atoms with Gasteiger partial charge in [0, 0.05) is 0 Å². The van der Waals surface area contributed by atoms with Crippen LogP contribution in [0.3, 0.4) is 0 Å². The SMILES string of the molecule is CC1C=Cc2oc3nc(=O)[nH]c(=O)c-3cc2C1. The van der Waals surface area contributed by atoms with Crippen LogP contribution in [0.5, 0.6) is 0 Å². The third-order valence-corrected chi connectivity index (χ3v) is 2.86. The lowest BCUT2D eigenvalue weighted by atomic mass is 9.94. The van der Waals surface area contributed by atoms with Crippen LogP contribution in [0.15, 0.2) is 26.1 Å². The van der Waals surface area contributed by atoms with Crippen LogP contribution < -0.4 is 11.2 Å². The molecule has 1 unspecified atom stereocenters. The molecule has 1 aliphatic carbocycles. The first-order chi connectivity index (χ1) is 8.13. The molecule has 0 aromatic carbocycles. The van der Waals surface area contributed by atoms with Crippen LogP contribution in [0.4, 0.5) is 0 Å². The fourth-order valence-corrected chi connectivity index (χ4v) is 2.03. The molecule has 17 heavy (non-hydrogen) atoms. The van der Waals surface area contributed by atoms with Crippen LogP contribution in [0.25, 0.3) is 17.5 Å². The summed E-state index contributed by atoms with van der Waals surface area (Å²) in [5.74, 6) is 1.19. The summed E-state index contributed by atoms with van der Waals surface area (Å²) in [4.78, 5) is 28.5. The summed E-state index contributed by atoms with van der Waals surface area (Å²) in [6.45, 7) is 2.09. The van der Waals surface area contributed by atoms with Gasteiger partial charge in [-0.1, -0.05) is 13.0 Å². The van der Waals surface area contributed by atoms with Gasteiger partial charge in [-0.05, 0) is 30.0 Å². The van der Waals surface area contributed by atoms with E-state index in [0.29, 0.717) is 17.2 Å². The highest BCUT2D eigenvalue weighted by Gasteiger charge is 2.19. The van der Waals surface area contributed by atoms with Gasteiger partial charge >= 0.3 is 5.69 Å². The van der Waals surface area contributed by atoms with Gasteiger partial charge in [0.1, 0.15) is 11.3 Å². The van der Waals surface area contributed by atoms with Crippen molar-refractivity contribution in [1.82, 2.24) is 9.97 Å². The zero-order valence-electron chi connectivity index (χ0n) is 9.19. The van der Waals surface area contributed by atoms with Gasteiger partial charge in [-0.15, -0.1) is 0 Å². The molecular formula is C12H10N2O3. The summed E-state index contributed by atoms with van der Waals surface area (Å²) in [5, 5.41) is 0. The first-order valence-corrected chi connectivity index (χ1v) is 5.39. The van der Waals surface area contributed by atoms with Crippen molar-refractivity contribution in [3.8, 4) is 11.5 Å². The molecule has 86 valence electrons. The summed E-state index contributed by atoms with van der Waals surface area (Å²) in [7, 11) is 0. The number of fused-ring (bicyclic) bond motifs is 2. The second-order valence-electron chi connectivity index (χ2n) is 4.27. The summed E-state index contributed by atoms with van der Waals surface area (Å²) in [6.07, 6.45) is 4.71. The second-order valence-corrected chi connectivity index (χ2v) is 4.27. The predicted molar refractivity (Wildman–Crippen MR) is 61.9 cm³/mol. The Morgan fingerprint density at radius 3 is 3.12 bits per heavy atom. The van der Waals surface area contributed by atoms with Crippen LogP contribution >= 0.6 is 0 Å². The minimum atomic E-state index is -0.681. The molecule has 5 nitrogen and oxygen atoms in total. The van der Waals surface area contributed by atoms with Crippen molar-refractivity contribution in [3.05, 3.63) is 44.3 Å². The maximum Gasteiger partial charge on any atom is 0.351 e. The van der Waals surface area contributed by atoms with Crippen molar-refractivity contribution in [2.24, 2.45) is 5.92 Å². The minimum Gasteiger partial charge on any atom is -0.438 e. The van der Waals surface area contributed by atoms with E-state index in [4.69, 9.17) is 4.42 Å². The van der Waals surface area contributed by atoms with Crippen molar-refractivity contribution in [2.45, 2.75) is 13.3 Å². The lowest BCUT2D eigenvalue weighted by Crippen LogP contribution is -2.25. The molecule has 0 saturated carbocycles. The van der Waals surface area contributed by atoms with Crippen molar-refractivity contribution >= 4 is 6.08 Å². The van der Waals surface area contributed by atoms with E-state index in [1.807, 2.05) is 12.2 Å². The van der Waals surface area contributed by atoms with Crippen LogP contribution in [0, 0.1) is 5.92 Å². The van der Waals surface area contributed by atoms with Crippen LogP contribution in [0.1, 0.15) is 18.2 Å². The molecule has 1 atom stereocenters. The fourth-order valence-electron chi connectivity index (χ4n) is 2.03. The molecule has 2 aliphatic heterocycles. The smallest absolute Gasteiger partial charge is 0.351 e. The zero-order valence-corrected chi connectivity index (χ0v) is 9.19. The van der Waals surface area contributed by atoms with Crippen molar-refractivity contribution in [1.29, 1.82) is 0 Å². The Labute approximate surface area is 96.2 Å². The average molecular weight is 230 g/mol. The number of nitrogens with one attached hydrogen (secondary N) is 1. The number of rotatable bonds is 0. The Kier molecular flexibility index (Phi) is 2.01. The largest absolute Gasteiger partial charge is 0.438 e. The maximum atomic E-state index is 11.6. The molecular weight excluding hydrogens is 220 g/mol. The Morgan fingerprint density at radius 2 is 2.29 bits per heavy atom. The minimum absolute atomic E-state index is 0.0942. The highest BCUT2D eigenvalue weighted by molar-refractivity contribution is 5.60. The van der Waals surface area contributed by atoms with E-state index >= 15 is 0 Å². The molecule has 3 rings (SSSR count). The summed E-state index contributed by atoms with van der Waals surface area (Å²) < 4.78 is 5.48. The Hall–Kier alpha value is -2.17.